The molecule has 2 aliphatic rings. The second-order valence-electron chi connectivity index (χ2n) is 12.8. The second-order valence-corrected chi connectivity index (χ2v) is 13.2. The van der Waals surface area contributed by atoms with Crippen LogP contribution in [0.1, 0.15) is 56.0 Å². The lowest BCUT2D eigenvalue weighted by molar-refractivity contribution is -0.185. The third-order valence-corrected chi connectivity index (χ3v) is 8.95. The third-order valence-electron chi connectivity index (χ3n) is 8.52. The predicted octanol–water partition coefficient (Wildman–Crippen LogP) is 6.48. The van der Waals surface area contributed by atoms with Crippen LogP contribution in [0.25, 0.3) is 10.9 Å². The van der Waals surface area contributed by atoms with Crippen molar-refractivity contribution < 1.29 is 32.5 Å². The number of hydrogen-bond donors (Lipinski definition) is 1. The van der Waals surface area contributed by atoms with Crippen molar-refractivity contribution in [3.05, 3.63) is 63.9 Å². The van der Waals surface area contributed by atoms with Crippen molar-refractivity contribution in [2.75, 3.05) is 33.3 Å². The summed E-state index contributed by atoms with van der Waals surface area (Å²) in [6.07, 6.45) is -2.96. The van der Waals surface area contributed by atoms with Gasteiger partial charge in [0.25, 0.3) is 0 Å². The highest BCUT2D eigenvalue weighted by Crippen LogP contribution is 2.44. The molecular weight excluding hydrogens is 597 g/mol. The summed E-state index contributed by atoms with van der Waals surface area (Å²) in [6, 6.07) is 8.98. The largest absolute Gasteiger partial charge is 0.481 e. The molecule has 1 amide bonds. The molecular formula is C32H38ClF3N4O4. The van der Waals surface area contributed by atoms with Crippen LogP contribution >= 0.6 is 11.6 Å². The fourth-order valence-electron chi connectivity index (χ4n) is 5.98. The summed E-state index contributed by atoms with van der Waals surface area (Å²) < 4.78 is 50.7. The number of amides is 1. The number of methoxy groups -OCH3 is 1. The Labute approximate surface area is 260 Å². The topological polar surface area (TPSA) is 88.0 Å². The minimum Gasteiger partial charge on any atom is -0.481 e. The molecule has 8 nitrogen and oxygen atoms in total. The number of carbonyl (C=O) groups excluding carboxylic acids is 1. The maximum absolute atomic E-state index is 13.2. The van der Waals surface area contributed by atoms with E-state index in [4.69, 9.17) is 21.1 Å². The van der Waals surface area contributed by atoms with Gasteiger partial charge in [0.1, 0.15) is 11.2 Å². The summed E-state index contributed by atoms with van der Waals surface area (Å²) in [5.41, 5.74) is 0.872. The molecule has 2 saturated heterocycles. The lowest BCUT2D eigenvalue weighted by Gasteiger charge is -2.48. The average molecular weight is 635 g/mol. The summed E-state index contributed by atoms with van der Waals surface area (Å²) in [6.45, 7) is 8.63. The molecule has 238 valence electrons. The Balaban J connectivity index is 1.49. The van der Waals surface area contributed by atoms with Gasteiger partial charge in [0.05, 0.1) is 23.6 Å². The molecule has 2 aliphatic heterocycles. The fourth-order valence-corrected chi connectivity index (χ4v) is 6.27. The van der Waals surface area contributed by atoms with Gasteiger partial charge in [-0.3, -0.25) is 9.88 Å². The first-order valence-corrected chi connectivity index (χ1v) is 15.1. The van der Waals surface area contributed by atoms with Gasteiger partial charge in [-0.2, -0.15) is 13.2 Å². The molecule has 1 aromatic carbocycles. The number of likely N-dealkylation sites (tertiary alicyclic amines) is 2. The Morgan fingerprint density at radius 3 is 2.30 bits per heavy atom. The zero-order valence-electron chi connectivity index (χ0n) is 25.5. The van der Waals surface area contributed by atoms with E-state index in [9.17, 15) is 23.1 Å². The number of carbonyl (C=O) groups is 1. The zero-order valence-corrected chi connectivity index (χ0v) is 26.3. The van der Waals surface area contributed by atoms with Gasteiger partial charge in [0.2, 0.25) is 5.88 Å². The summed E-state index contributed by atoms with van der Waals surface area (Å²) in [5.74, 6) is -1.37. The summed E-state index contributed by atoms with van der Waals surface area (Å²) >= 11 is 7.00. The van der Waals surface area contributed by atoms with Gasteiger partial charge >= 0.3 is 12.3 Å². The number of ether oxygens (including phenoxy) is 2. The van der Waals surface area contributed by atoms with Crippen LogP contribution in [0.4, 0.5) is 18.0 Å². The van der Waals surface area contributed by atoms with Gasteiger partial charge in [-0.05, 0) is 77.4 Å². The number of aliphatic hydroxyl groups is 1. The van der Waals surface area contributed by atoms with Crippen LogP contribution in [0.15, 0.2) is 36.5 Å². The van der Waals surface area contributed by atoms with Crippen molar-refractivity contribution in [3.63, 3.8) is 0 Å². The normalized spacial score (nSPS) is 18.6. The van der Waals surface area contributed by atoms with E-state index in [1.807, 2.05) is 24.0 Å². The van der Waals surface area contributed by atoms with Gasteiger partial charge in [0, 0.05) is 54.0 Å². The summed E-state index contributed by atoms with van der Waals surface area (Å²) in [7, 11) is 1.48. The quantitative estimate of drug-likeness (QED) is 0.332. The molecule has 0 saturated carbocycles. The molecule has 12 heteroatoms. The fraction of sp³-hybridized carbons (Fsp3) is 0.531. The first kappa shape index (κ1) is 32.2. The Bertz CT molecular complexity index is 1520. The van der Waals surface area contributed by atoms with E-state index in [-0.39, 0.29) is 51.5 Å². The van der Waals surface area contributed by atoms with Crippen molar-refractivity contribution in [2.45, 2.75) is 64.5 Å². The molecule has 1 N–H and O–H groups in total. The van der Waals surface area contributed by atoms with E-state index in [0.717, 1.165) is 5.69 Å². The minimum absolute atomic E-state index is 0.0217. The van der Waals surface area contributed by atoms with E-state index >= 15 is 0 Å². The number of piperidine rings is 1. The molecule has 5 rings (SSSR count). The Morgan fingerprint density at radius 1 is 1.07 bits per heavy atom. The predicted molar refractivity (Wildman–Crippen MR) is 161 cm³/mol. The van der Waals surface area contributed by atoms with E-state index < -0.39 is 29.4 Å². The van der Waals surface area contributed by atoms with Crippen molar-refractivity contribution in [2.24, 2.45) is 11.8 Å². The number of nitrogens with zero attached hydrogens (tertiary/aromatic N) is 4. The Hall–Kier alpha value is -3.15. The molecule has 0 bridgehead atoms. The van der Waals surface area contributed by atoms with Crippen LogP contribution in [-0.4, -0.2) is 76.0 Å². The van der Waals surface area contributed by atoms with Crippen molar-refractivity contribution >= 4 is 28.6 Å². The van der Waals surface area contributed by atoms with Crippen LogP contribution in [0.3, 0.4) is 0 Å². The number of pyridine rings is 2. The van der Waals surface area contributed by atoms with Gasteiger partial charge in [-0.1, -0.05) is 23.7 Å². The van der Waals surface area contributed by atoms with E-state index in [1.165, 1.54) is 7.11 Å². The van der Waals surface area contributed by atoms with Gasteiger partial charge in [0.15, 0.2) is 0 Å². The third kappa shape index (κ3) is 6.46. The molecule has 3 aromatic rings. The molecule has 1 unspecified atom stereocenters. The summed E-state index contributed by atoms with van der Waals surface area (Å²) in [4.78, 5) is 25.3. The van der Waals surface area contributed by atoms with Crippen LogP contribution in [0, 0.1) is 18.8 Å². The second kappa shape index (κ2) is 12.0. The van der Waals surface area contributed by atoms with Gasteiger partial charge in [-0.25, -0.2) is 9.78 Å². The van der Waals surface area contributed by atoms with Crippen LogP contribution in [0.2, 0.25) is 5.02 Å². The van der Waals surface area contributed by atoms with Gasteiger partial charge < -0.3 is 19.5 Å². The minimum atomic E-state index is -4.20. The smallest absolute Gasteiger partial charge is 0.410 e. The molecule has 2 fully saturated rings. The highest BCUT2D eigenvalue weighted by molar-refractivity contribution is 6.36. The molecule has 0 spiro atoms. The Kier molecular flexibility index (Phi) is 8.78. The number of aryl methyl sites for hydroxylation is 1. The number of rotatable bonds is 6. The number of hydrogen-bond acceptors (Lipinski definition) is 7. The summed E-state index contributed by atoms with van der Waals surface area (Å²) in [5, 5.41) is 13.4. The SMILES string of the molecule is COc1nc2ccc(C(O)(c3ccc(C)nc3)C3CN(C(=O)OC(C)(C)C)C3)cc2c(Cl)c1CN1CCC(C(F)(F)F)CC1. The van der Waals surface area contributed by atoms with Crippen LogP contribution in [0.5, 0.6) is 5.88 Å². The first-order chi connectivity index (χ1) is 20.6. The van der Waals surface area contributed by atoms with E-state index in [2.05, 4.69) is 9.97 Å². The molecule has 1 atom stereocenters. The molecule has 0 aliphatic carbocycles. The molecule has 0 radical (unpaired) electrons. The first-order valence-electron chi connectivity index (χ1n) is 14.7. The van der Waals surface area contributed by atoms with E-state index in [0.29, 0.717) is 38.5 Å². The Morgan fingerprint density at radius 2 is 1.73 bits per heavy atom. The lowest BCUT2D eigenvalue weighted by atomic mass is 9.72. The van der Waals surface area contributed by atoms with Crippen molar-refractivity contribution in [1.82, 2.24) is 19.8 Å². The van der Waals surface area contributed by atoms with Crippen molar-refractivity contribution in [3.8, 4) is 5.88 Å². The number of halogens is 4. The standard InChI is InChI=1S/C32H38ClF3N4O4/c1-19-6-7-22(15-37-19)31(42,23-16-40(17-23)29(41)44-30(2,3)4)21-8-9-26-24(14-21)27(33)25(28(38-26)43-5)18-39-12-10-20(11-13-39)32(34,35)36/h6-9,14-15,20,23,42H,10-13,16-18H2,1-5H3. The number of fused-ring (bicyclic) bond motifs is 1. The lowest BCUT2D eigenvalue weighted by Crippen LogP contribution is -2.59. The molecule has 4 heterocycles. The van der Waals surface area contributed by atoms with E-state index in [1.54, 1.807) is 50.1 Å². The number of alkyl halides is 3. The molecule has 2 aromatic heterocycles. The van der Waals surface area contributed by atoms with Gasteiger partial charge in [-0.15, -0.1) is 0 Å². The van der Waals surface area contributed by atoms with Crippen LogP contribution < -0.4 is 4.74 Å². The zero-order chi connectivity index (χ0) is 32.0. The monoisotopic (exact) mass is 634 g/mol. The maximum atomic E-state index is 13.2. The molecule has 44 heavy (non-hydrogen) atoms. The number of benzene rings is 1. The number of aromatic nitrogens is 2. The van der Waals surface area contributed by atoms with Crippen molar-refractivity contribution in [1.29, 1.82) is 0 Å². The average Bonchev–Trinajstić information content (AvgIpc) is 2.92. The maximum Gasteiger partial charge on any atom is 0.410 e. The van der Waals surface area contributed by atoms with Crippen LogP contribution in [-0.2, 0) is 16.9 Å². The highest BCUT2D eigenvalue weighted by atomic mass is 35.5. The highest BCUT2D eigenvalue weighted by Gasteiger charge is 2.49.